The summed E-state index contributed by atoms with van der Waals surface area (Å²) in [6.07, 6.45) is 1.82. The van der Waals surface area contributed by atoms with Crippen LogP contribution in [-0.4, -0.2) is 15.7 Å². The number of aromatic nitrogens is 2. The Balaban J connectivity index is 2.29. The molecule has 0 unspecified atom stereocenters. The average molecular weight is 284 g/mol. The smallest absolute Gasteiger partial charge is 0.195 e. The molecule has 3 rings (SSSR count). The Bertz CT molecular complexity index is 781. The van der Waals surface area contributed by atoms with Crippen molar-refractivity contribution >= 4 is 22.6 Å². The first kappa shape index (κ1) is 13.1. The molecule has 0 spiro atoms. The number of rotatable bonds is 3. The van der Waals surface area contributed by atoms with Gasteiger partial charge in [0.25, 0.3) is 0 Å². The van der Waals surface area contributed by atoms with E-state index in [1.165, 1.54) is 16.1 Å². The van der Waals surface area contributed by atoms with Gasteiger partial charge in [-0.25, -0.2) is 4.98 Å². The second-order valence-corrected chi connectivity index (χ2v) is 6.09. The molecule has 0 bridgehead atoms. The zero-order valence-electron chi connectivity index (χ0n) is 11.8. The van der Waals surface area contributed by atoms with Crippen molar-refractivity contribution in [1.29, 1.82) is 0 Å². The molecular weight excluding hydrogens is 268 g/mol. The maximum Gasteiger partial charge on any atom is 0.195 e. The Labute approximate surface area is 121 Å². The number of hydrogen-bond acceptors (Lipinski definition) is 3. The molecule has 0 amide bonds. The second-order valence-electron chi connectivity index (χ2n) is 4.91. The summed E-state index contributed by atoms with van der Waals surface area (Å²) in [5.74, 6) is 0. The van der Waals surface area contributed by atoms with Gasteiger partial charge in [-0.1, -0.05) is 36.8 Å². The summed E-state index contributed by atoms with van der Waals surface area (Å²) in [5.41, 5.74) is 4.81. The summed E-state index contributed by atoms with van der Waals surface area (Å²) in [5, 5.41) is 0. The van der Waals surface area contributed by atoms with E-state index in [1.807, 2.05) is 28.7 Å². The molecule has 20 heavy (non-hydrogen) atoms. The van der Waals surface area contributed by atoms with Gasteiger partial charge in [0.1, 0.15) is 11.4 Å². The molecule has 0 aliphatic rings. The highest BCUT2D eigenvalue weighted by Gasteiger charge is 2.18. The van der Waals surface area contributed by atoms with Crippen molar-refractivity contribution in [2.24, 2.45) is 0 Å². The normalized spacial score (nSPS) is 11.2. The van der Waals surface area contributed by atoms with Crippen molar-refractivity contribution in [3.05, 3.63) is 46.1 Å². The summed E-state index contributed by atoms with van der Waals surface area (Å²) in [4.78, 5) is 18.4. The minimum atomic E-state index is 0.657. The quantitative estimate of drug-likeness (QED) is 0.680. The molecule has 0 N–H and O–H groups in total. The largest absolute Gasteiger partial charge is 0.296 e. The van der Waals surface area contributed by atoms with E-state index in [4.69, 9.17) is 0 Å². The molecule has 0 radical (unpaired) electrons. The number of aryl methyl sites for hydroxylation is 3. The molecule has 0 saturated heterocycles. The van der Waals surface area contributed by atoms with E-state index in [1.54, 1.807) is 11.3 Å². The van der Waals surface area contributed by atoms with Gasteiger partial charge >= 0.3 is 0 Å². The third-order valence-corrected chi connectivity index (χ3v) is 4.57. The lowest BCUT2D eigenvalue weighted by Crippen LogP contribution is -1.97. The molecule has 1 aromatic carbocycles. The Morgan fingerprint density at radius 3 is 2.55 bits per heavy atom. The van der Waals surface area contributed by atoms with Crippen LogP contribution in [0.25, 0.3) is 16.2 Å². The van der Waals surface area contributed by atoms with E-state index in [0.717, 1.165) is 28.9 Å². The van der Waals surface area contributed by atoms with Crippen LogP contribution in [0.1, 0.15) is 33.5 Å². The van der Waals surface area contributed by atoms with Crippen molar-refractivity contribution in [3.63, 3.8) is 0 Å². The molecule has 102 valence electrons. The van der Waals surface area contributed by atoms with E-state index in [-0.39, 0.29) is 0 Å². The molecule has 0 aliphatic heterocycles. The first-order chi connectivity index (χ1) is 9.65. The van der Waals surface area contributed by atoms with Gasteiger partial charge in [-0.3, -0.25) is 9.20 Å². The van der Waals surface area contributed by atoms with Crippen LogP contribution >= 0.6 is 11.3 Å². The molecule has 0 aliphatic carbocycles. The lowest BCUT2D eigenvalue weighted by Gasteiger charge is -2.02. The first-order valence-corrected chi connectivity index (χ1v) is 7.50. The van der Waals surface area contributed by atoms with Crippen molar-refractivity contribution in [1.82, 2.24) is 9.38 Å². The fraction of sp³-hybridized carbons (Fsp3) is 0.250. The highest BCUT2D eigenvalue weighted by atomic mass is 32.1. The number of imidazole rings is 1. The van der Waals surface area contributed by atoms with Crippen LogP contribution in [-0.2, 0) is 6.42 Å². The van der Waals surface area contributed by atoms with Crippen LogP contribution in [0.2, 0.25) is 0 Å². The molecule has 3 nitrogen and oxygen atoms in total. The number of aldehydes is 1. The van der Waals surface area contributed by atoms with Gasteiger partial charge in [0.15, 0.2) is 11.2 Å². The molecule has 2 heterocycles. The van der Waals surface area contributed by atoms with Crippen LogP contribution < -0.4 is 0 Å². The number of carbonyl (C=O) groups is 1. The monoisotopic (exact) mass is 284 g/mol. The number of nitrogens with zero attached hydrogens (tertiary/aromatic N) is 2. The lowest BCUT2D eigenvalue weighted by molar-refractivity contribution is 0.111. The van der Waals surface area contributed by atoms with E-state index in [2.05, 4.69) is 25.8 Å². The molecule has 0 saturated carbocycles. The molecular formula is C16H16N2OS. The highest BCUT2D eigenvalue weighted by molar-refractivity contribution is 7.17. The molecule has 3 aromatic rings. The predicted octanol–water partition coefficient (Wildman–Crippen LogP) is 4.05. The number of thiazole rings is 1. The van der Waals surface area contributed by atoms with Crippen molar-refractivity contribution in [3.8, 4) is 11.3 Å². The second kappa shape index (κ2) is 4.87. The standard InChI is InChI=1S/C16H16N2OS/c1-4-13-11(3)20-16-17-15(14(9-19)18(13)16)12-7-5-10(2)6-8-12/h5-9H,4H2,1-3H3. The molecule has 2 aromatic heterocycles. The van der Waals surface area contributed by atoms with Gasteiger partial charge < -0.3 is 0 Å². The Morgan fingerprint density at radius 1 is 1.25 bits per heavy atom. The zero-order valence-corrected chi connectivity index (χ0v) is 12.6. The van der Waals surface area contributed by atoms with Crippen LogP contribution in [0.15, 0.2) is 24.3 Å². The first-order valence-electron chi connectivity index (χ1n) is 6.68. The van der Waals surface area contributed by atoms with Crippen molar-refractivity contribution in [2.75, 3.05) is 0 Å². The number of carbonyl (C=O) groups excluding carboxylic acids is 1. The van der Waals surface area contributed by atoms with Gasteiger partial charge in [-0.05, 0) is 20.3 Å². The predicted molar refractivity (Wildman–Crippen MR) is 82.7 cm³/mol. The molecule has 4 heteroatoms. The summed E-state index contributed by atoms with van der Waals surface area (Å²) in [7, 11) is 0. The van der Waals surface area contributed by atoms with E-state index in [0.29, 0.717) is 5.69 Å². The van der Waals surface area contributed by atoms with Gasteiger partial charge in [0.05, 0.1) is 0 Å². The fourth-order valence-electron chi connectivity index (χ4n) is 2.53. The van der Waals surface area contributed by atoms with Gasteiger partial charge in [0, 0.05) is 16.1 Å². The minimum absolute atomic E-state index is 0.657. The van der Waals surface area contributed by atoms with Gasteiger partial charge in [0.2, 0.25) is 0 Å². The van der Waals surface area contributed by atoms with Crippen LogP contribution in [0.5, 0.6) is 0 Å². The topological polar surface area (TPSA) is 34.4 Å². The minimum Gasteiger partial charge on any atom is -0.296 e. The fourth-order valence-corrected chi connectivity index (χ4v) is 3.60. The SMILES string of the molecule is CCc1c(C)sc2nc(-c3ccc(C)cc3)c(C=O)n12. The zero-order chi connectivity index (χ0) is 14.3. The Kier molecular flexibility index (Phi) is 3.18. The highest BCUT2D eigenvalue weighted by Crippen LogP contribution is 2.30. The number of benzene rings is 1. The third kappa shape index (κ3) is 1.88. The number of fused-ring (bicyclic) bond motifs is 1. The number of hydrogen-bond donors (Lipinski definition) is 0. The maximum atomic E-state index is 11.6. The van der Waals surface area contributed by atoms with Crippen molar-refractivity contribution < 1.29 is 4.79 Å². The van der Waals surface area contributed by atoms with Crippen molar-refractivity contribution in [2.45, 2.75) is 27.2 Å². The summed E-state index contributed by atoms with van der Waals surface area (Å²) < 4.78 is 2.00. The van der Waals surface area contributed by atoms with Crippen LogP contribution in [0.4, 0.5) is 0 Å². The van der Waals surface area contributed by atoms with Crippen LogP contribution in [0, 0.1) is 13.8 Å². The maximum absolute atomic E-state index is 11.6. The Hall–Kier alpha value is -1.94. The van der Waals surface area contributed by atoms with E-state index < -0.39 is 0 Å². The third-order valence-electron chi connectivity index (χ3n) is 3.57. The van der Waals surface area contributed by atoms with Crippen LogP contribution in [0.3, 0.4) is 0 Å². The molecule has 0 atom stereocenters. The Morgan fingerprint density at radius 2 is 1.95 bits per heavy atom. The average Bonchev–Trinajstić information content (AvgIpc) is 2.93. The van der Waals surface area contributed by atoms with Gasteiger partial charge in [-0.15, -0.1) is 11.3 Å². The summed E-state index contributed by atoms with van der Waals surface area (Å²) in [6, 6.07) is 8.13. The van der Waals surface area contributed by atoms with E-state index in [9.17, 15) is 4.79 Å². The molecule has 0 fully saturated rings. The van der Waals surface area contributed by atoms with Gasteiger partial charge in [-0.2, -0.15) is 0 Å². The lowest BCUT2D eigenvalue weighted by atomic mass is 10.1. The summed E-state index contributed by atoms with van der Waals surface area (Å²) in [6.45, 7) is 6.24. The van der Waals surface area contributed by atoms with E-state index >= 15 is 0 Å². The summed E-state index contributed by atoms with van der Waals surface area (Å²) >= 11 is 1.64.